The summed E-state index contributed by atoms with van der Waals surface area (Å²) in [6, 6.07) is -0.425. The average molecular weight is 401 g/mol. The minimum Gasteiger partial charge on any atom is -0.330 e. The molecule has 2 heterocycles. The monoisotopic (exact) mass is 401 g/mol. The van der Waals surface area contributed by atoms with E-state index in [9.17, 15) is 18.0 Å². The van der Waals surface area contributed by atoms with E-state index >= 15 is 0 Å². The van der Waals surface area contributed by atoms with Gasteiger partial charge in [0.1, 0.15) is 6.54 Å². The molecule has 148 valence electrons. The molecule has 0 radical (unpaired) electrons. The Morgan fingerprint density at radius 1 is 1.33 bits per heavy atom. The molecule has 0 spiro atoms. The van der Waals surface area contributed by atoms with Gasteiger partial charge in [0.05, 0.1) is 6.42 Å². The standard InChI is InChI=1S/C17H22F3N5OS/c1-9-13(11(3)25-15(21-9)22-16(23-25)27-4)7-14(26)24(8-17(18,19)20)10(2)12-5-6-12/h10,12H,5-8H2,1-4H3/t10-/m1/s1. The quantitative estimate of drug-likeness (QED) is 0.696. The summed E-state index contributed by atoms with van der Waals surface area (Å²) >= 11 is 1.37. The summed E-state index contributed by atoms with van der Waals surface area (Å²) in [4.78, 5) is 22.4. The smallest absolute Gasteiger partial charge is 0.330 e. The Balaban J connectivity index is 1.90. The molecule has 1 aliphatic carbocycles. The minimum absolute atomic E-state index is 0.137. The van der Waals surface area contributed by atoms with Crippen molar-refractivity contribution in [3.05, 3.63) is 17.0 Å². The highest BCUT2D eigenvalue weighted by Crippen LogP contribution is 2.36. The van der Waals surface area contributed by atoms with E-state index in [1.54, 1.807) is 25.3 Å². The van der Waals surface area contributed by atoms with Crippen LogP contribution in [-0.2, 0) is 11.2 Å². The maximum Gasteiger partial charge on any atom is 0.406 e. The second kappa shape index (κ2) is 7.29. The number of hydrogen-bond donors (Lipinski definition) is 0. The van der Waals surface area contributed by atoms with Crippen LogP contribution in [0.2, 0.25) is 0 Å². The van der Waals surface area contributed by atoms with Crippen LogP contribution in [0.5, 0.6) is 0 Å². The fraction of sp³-hybridized carbons (Fsp3) is 0.647. The molecule has 10 heteroatoms. The van der Waals surface area contributed by atoms with E-state index in [1.165, 1.54) is 11.8 Å². The first-order chi connectivity index (χ1) is 12.6. The third kappa shape index (κ3) is 4.36. The van der Waals surface area contributed by atoms with E-state index in [2.05, 4.69) is 15.1 Å². The fourth-order valence-corrected chi connectivity index (χ4v) is 3.61. The number of carbonyl (C=O) groups excluding carboxylic acids is 1. The third-order valence-corrected chi connectivity index (χ3v) is 5.54. The Bertz CT molecular complexity index is 862. The molecule has 2 aromatic heterocycles. The number of carbonyl (C=O) groups is 1. The van der Waals surface area contributed by atoms with E-state index < -0.39 is 24.7 Å². The zero-order chi connectivity index (χ0) is 19.9. The van der Waals surface area contributed by atoms with Crippen molar-refractivity contribution >= 4 is 23.4 Å². The zero-order valence-corrected chi connectivity index (χ0v) is 16.5. The topological polar surface area (TPSA) is 63.4 Å². The molecule has 1 fully saturated rings. The Kier molecular flexibility index (Phi) is 5.38. The number of alkyl halides is 3. The van der Waals surface area contributed by atoms with Crippen LogP contribution in [0.1, 0.15) is 36.7 Å². The highest BCUT2D eigenvalue weighted by Gasteiger charge is 2.40. The van der Waals surface area contributed by atoms with Crippen molar-refractivity contribution in [3.63, 3.8) is 0 Å². The molecule has 0 N–H and O–H groups in total. The van der Waals surface area contributed by atoms with Crippen molar-refractivity contribution in [1.29, 1.82) is 0 Å². The van der Waals surface area contributed by atoms with Crippen molar-refractivity contribution in [2.75, 3.05) is 12.8 Å². The summed E-state index contributed by atoms with van der Waals surface area (Å²) in [5.74, 6) is 0.0341. The van der Waals surface area contributed by atoms with Gasteiger partial charge in [0.2, 0.25) is 11.1 Å². The highest BCUT2D eigenvalue weighted by atomic mass is 32.2. The number of halogens is 3. The number of hydrogen-bond acceptors (Lipinski definition) is 5. The summed E-state index contributed by atoms with van der Waals surface area (Å²) in [5.41, 5.74) is 1.85. The lowest BCUT2D eigenvalue weighted by Crippen LogP contribution is -2.46. The molecule has 0 saturated heterocycles. The van der Waals surface area contributed by atoms with Gasteiger partial charge in [0, 0.05) is 23.0 Å². The summed E-state index contributed by atoms with van der Waals surface area (Å²) in [6.45, 7) is 3.99. The van der Waals surface area contributed by atoms with Crippen LogP contribution in [0, 0.1) is 19.8 Å². The number of aromatic nitrogens is 4. The Morgan fingerprint density at radius 3 is 2.56 bits per heavy atom. The molecule has 0 aromatic carbocycles. The Hall–Kier alpha value is -1.84. The van der Waals surface area contributed by atoms with Crippen LogP contribution < -0.4 is 0 Å². The molecule has 6 nitrogen and oxygen atoms in total. The molecule has 27 heavy (non-hydrogen) atoms. The van der Waals surface area contributed by atoms with Gasteiger partial charge in [-0.2, -0.15) is 18.2 Å². The second-order valence-electron chi connectivity index (χ2n) is 6.96. The largest absolute Gasteiger partial charge is 0.406 e. The van der Waals surface area contributed by atoms with E-state index in [0.717, 1.165) is 17.7 Å². The molecule has 1 atom stereocenters. The first-order valence-corrected chi connectivity index (χ1v) is 9.96. The molecule has 0 bridgehead atoms. The molecule has 3 rings (SSSR count). The molecular weight excluding hydrogens is 379 g/mol. The van der Waals surface area contributed by atoms with Crippen molar-refractivity contribution < 1.29 is 18.0 Å². The van der Waals surface area contributed by atoms with Gasteiger partial charge in [-0.05, 0) is 45.8 Å². The number of fused-ring (bicyclic) bond motifs is 1. The van der Waals surface area contributed by atoms with E-state index in [4.69, 9.17) is 0 Å². The number of aryl methyl sites for hydroxylation is 2. The minimum atomic E-state index is -4.43. The van der Waals surface area contributed by atoms with Gasteiger partial charge < -0.3 is 4.90 Å². The second-order valence-corrected chi connectivity index (χ2v) is 7.74. The van der Waals surface area contributed by atoms with Crippen LogP contribution >= 0.6 is 11.8 Å². The third-order valence-electron chi connectivity index (χ3n) is 5.01. The maximum atomic E-state index is 13.0. The van der Waals surface area contributed by atoms with Gasteiger partial charge in [-0.1, -0.05) is 11.8 Å². The molecule has 2 aromatic rings. The first-order valence-electron chi connectivity index (χ1n) is 8.73. The summed E-state index contributed by atoms with van der Waals surface area (Å²) in [6.07, 6.45) is -0.988. The van der Waals surface area contributed by atoms with Crippen molar-refractivity contribution in [3.8, 4) is 0 Å². The molecule has 0 unspecified atom stereocenters. The number of amides is 1. The van der Waals surface area contributed by atoms with Crippen LogP contribution in [-0.4, -0.2) is 55.4 Å². The van der Waals surface area contributed by atoms with Gasteiger partial charge in [0.25, 0.3) is 5.78 Å². The van der Waals surface area contributed by atoms with Crippen LogP contribution in [0.4, 0.5) is 13.2 Å². The average Bonchev–Trinajstić information content (AvgIpc) is 3.35. The Morgan fingerprint density at radius 2 is 2.00 bits per heavy atom. The van der Waals surface area contributed by atoms with Crippen molar-refractivity contribution in [2.24, 2.45) is 5.92 Å². The number of thioether (sulfide) groups is 1. The summed E-state index contributed by atoms with van der Waals surface area (Å²) < 4.78 is 40.6. The van der Waals surface area contributed by atoms with E-state index in [1.807, 2.05) is 6.26 Å². The lowest BCUT2D eigenvalue weighted by Gasteiger charge is -2.30. The fourth-order valence-electron chi connectivity index (χ4n) is 3.27. The van der Waals surface area contributed by atoms with Gasteiger partial charge in [-0.15, -0.1) is 5.10 Å². The normalized spacial score (nSPS) is 16.0. The lowest BCUT2D eigenvalue weighted by molar-refractivity contribution is -0.165. The lowest BCUT2D eigenvalue weighted by atomic mass is 10.1. The first kappa shape index (κ1) is 19.9. The SMILES string of the molecule is CSc1nc2nc(C)c(CC(=O)N(CC(F)(F)F)[C@H](C)C3CC3)c(C)n2n1. The van der Waals surface area contributed by atoms with Gasteiger partial charge in [0.15, 0.2) is 0 Å². The van der Waals surface area contributed by atoms with E-state index in [-0.39, 0.29) is 12.3 Å². The zero-order valence-electron chi connectivity index (χ0n) is 15.7. The summed E-state index contributed by atoms with van der Waals surface area (Å²) in [7, 11) is 0. The maximum absolute atomic E-state index is 13.0. The van der Waals surface area contributed by atoms with Gasteiger partial charge in [-0.25, -0.2) is 9.50 Å². The molecule has 0 aliphatic heterocycles. The number of nitrogens with zero attached hydrogens (tertiary/aromatic N) is 5. The van der Waals surface area contributed by atoms with Crippen molar-refractivity contribution in [1.82, 2.24) is 24.5 Å². The molecular formula is C17H22F3N5OS. The van der Waals surface area contributed by atoms with Gasteiger partial charge in [-0.3, -0.25) is 4.79 Å². The highest BCUT2D eigenvalue weighted by molar-refractivity contribution is 7.98. The molecule has 1 aliphatic rings. The van der Waals surface area contributed by atoms with E-state index in [0.29, 0.717) is 27.9 Å². The Labute approximate surface area is 159 Å². The van der Waals surface area contributed by atoms with Crippen LogP contribution in [0.25, 0.3) is 5.78 Å². The predicted molar refractivity (Wildman–Crippen MR) is 95.7 cm³/mol. The van der Waals surface area contributed by atoms with Crippen molar-refractivity contribution in [2.45, 2.75) is 57.4 Å². The van der Waals surface area contributed by atoms with Crippen LogP contribution in [0.3, 0.4) is 0 Å². The summed E-state index contributed by atoms with van der Waals surface area (Å²) in [5, 5.41) is 4.87. The predicted octanol–water partition coefficient (Wildman–Crippen LogP) is 3.19. The molecule has 1 saturated carbocycles. The van der Waals surface area contributed by atoms with Crippen LogP contribution in [0.15, 0.2) is 5.16 Å². The molecule has 1 amide bonds. The van der Waals surface area contributed by atoms with Gasteiger partial charge >= 0.3 is 6.18 Å². The number of rotatable bonds is 6.